The molecule has 0 saturated carbocycles. The number of hydrogen-bond donors (Lipinski definition) is 0. The minimum absolute atomic E-state index is 0.157. The van der Waals surface area contributed by atoms with Crippen LogP contribution in [0.25, 0.3) is 6.08 Å². The van der Waals surface area contributed by atoms with Crippen molar-refractivity contribution in [2.75, 3.05) is 26.2 Å². The van der Waals surface area contributed by atoms with Gasteiger partial charge >= 0.3 is 0 Å². The normalized spacial score (nSPS) is 20.0. The van der Waals surface area contributed by atoms with Crippen molar-refractivity contribution >= 4 is 35.0 Å². The van der Waals surface area contributed by atoms with Crippen LogP contribution >= 0.6 is 0 Å². The lowest BCUT2D eigenvalue weighted by atomic mass is 9.95. The third-order valence-corrected chi connectivity index (χ3v) is 18.0. The quantitative estimate of drug-likeness (QED) is 0.184. The summed E-state index contributed by atoms with van der Waals surface area (Å²) in [4.78, 5) is 15.1. The summed E-state index contributed by atoms with van der Waals surface area (Å²) in [6, 6.07) is 30.5. The van der Waals surface area contributed by atoms with Crippen LogP contribution in [0, 0.1) is 5.92 Å². The molecule has 3 aromatic carbocycles. The first kappa shape index (κ1) is 36.6. The number of allylic oxidation sites excluding steroid dienone is 1. The van der Waals surface area contributed by atoms with E-state index in [1.54, 1.807) is 0 Å². The second kappa shape index (κ2) is 15.0. The van der Waals surface area contributed by atoms with E-state index in [1.165, 1.54) is 38.1 Å². The Hall–Kier alpha value is -3.71. The van der Waals surface area contributed by atoms with E-state index in [0.717, 1.165) is 23.5 Å². The van der Waals surface area contributed by atoms with Crippen molar-refractivity contribution in [2.45, 2.75) is 70.8 Å². The van der Waals surface area contributed by atoms with Gasteiger partial charge in [0.2, 0.25) is 0 Å². The van der Waals surface area contributed by atoms with Crippen LogP contribution in [0.2, 0.25) is 5.04 Å². The summed E-state index contributed by atoms with van der Waals surface area (Å²) >= 11 is 0. The van der Waals surface area contributed by atoms with Gasteiger partial charge in [-0.05, 0) is 51.9 Å². The first-order chi connectivity index (χ1) is 24.9. The average molecular weight is 742 g/mol. The Bertz CT molecular complexity index is 2000. The molecule has 1 aromatic heterocycles. The number of halogens is 1. The third kappa shape index (κ3) is 7.40. The molecule has 0 spiro atoms. The topological polar surface area (TPSA) is 83.3 Å². The van der Waals surface area contributed by atoms with Crippen LogP contribution in [0.4, 0.5) is 4.39 Å². The Balaban J connectivity index is 0.976. The number of nitrogens with zero attached hydrogens (tertiary/aromatic N) is 3. The fraction of sp³-hybridized carbons (Fsp3) is 0.390. The zero-order chi connectivity index (χ0) is 36.5. The third-order valence-electron chi connectivity index (χ3n) is 10.9. The molecule has 2 saturated heterocycles. The highest BCUT2D eigenvalue weighted by Gasteiger charge is 2.52. The van der Waals surface area contributed by atoms with Crippen LogP contribution in [0.1, 0.15) is 62.5 Å². The van der Waals surface area contributed by atoms with Gasteiger partial charge in [-0.1, -0.05) is 106 Å². The second-order valence-corrected chi connectivity index (χ2v) is 21.5. The predicted molar refractivity (Wildman–Crippen MR) is 205 cm³/mol. The molecule has 8 nitrogen and oxygen atoms in total. The summed E-state index contributed by atoms with van der Waals surface area (Å²) in [5.41, 5.74) is 2.41. The van der Waals surface area contributed by atoms with E-state index in [9.17, 15) is 13.2 Å². The van der Waals surface area contributed by atoms with E-state index in [4.69, 9.17) is 8.84 Å². The zero-order valence-electron chi connectivity index (χ0n) is 30.2. The molecule has 0 aliphatic carbocycles. The van der Waals surface area contributed by atoms with Crippen molar-refractivity contribution in [1.29, 1.82) is 0 Å². The molecule has 3 aliphatic heterocycles. The van der Waals surface area contributed by atoms with Crippen molar-refractivity contribution in [3.05, 3.63) is 136 Å². The molecule has 3 aliphatic rings. The van der Waals surface area contributed by atoms with Gasteiger partial charge in [0.1, 0.15) is 17.9 Å². The molecule has 274 valence electrons. The highest BCUT2D eigenvalue weighted by atomic mass is 32.2. The average Bonchev–Trinajstić information content (AvgIpc) is 3.79. The largest absolute Gasteiger partial charge is 0.467 e. The molecule has 52 heavy (non-hydrogen) atoms. The van der Waals surface area contributed by atoms with Gasteiger partial charge in [-0.2, -0.15) is 17.0 Å². The fourth-order valence-corrected chi connectivity index (χ4v) is 14.5. The van der Waals surface area contributed by atoms with E-state index in [1.807, 2.05) is 48.5 Å². The lowest BCUT2D eigenvalue weighted by molar-refractivity contribution is 0.198. The Labute approximate surface area is 307 Å². The van der Waals surface area contributed by atoms with Crippen molar-refractivity contribution in [2.24, 2.45) is 5.92 Å². The molecule has 11 heteroatoms. The van der Waals surface area contributed by atoms with Gasteiger partial charge in [0.15, 0.2) is 5.43 Å². The van der Waals surface area contributed by atoms with Gasteiger partial charge in [-0.25, -0.2) is 4.39 Å². The minimum Gasteiger partial charge on any atom is -0.467 e. The van der Waals surface area contributed by atoms with Gasteiger partial charge in [-0.3, -0.25) is 9.69 Å². The molecule has 0 radical (unpaired) electrons. The molecule has 0 bridgehead atoms. The van der Waals surface area contributed by atoms with Gasteiger partial charge in [0.25, 0.3) is 18.5 Å². The highest BCUT2D eigenvalue weighted by molar-refractivity contribution is 7.86. The van der Waals surface area contributed by atoms with Crippen LogP contribution in [0.5, 0.6) is 0 Å². The molecule has 1 unspecified atom stereocenters. The maximum Gasteiger partial charge on any atom is 0.282 e. The number of benzene rings is 3. The maximum absolute atomic E-state index is 15.5. The Morgan fingerprint density at radius 3 is 1.98 bits per heavy atom. The number of hydrogen-bond acceptors (Lipinski definition) is 6. The Morgan fingerprint density at radius 1 is 0.865 bits per heavy atom. The van der Waals surface area contributed by atoms with Crippen LogP contribution in [-0.4, -0.2) is 62.5 Å². The minimum atomic E-state index is -3.77. The van der Waals surface area contributed by atoms with Crippen LogP contribution in [0.15, 0.2) is 112 Å². The van der Waals surface area contributed by atoms with E-state index < -0.39 is 30.3 Å². The summed E-state index contributed by atoms with van der Waals surface area (Å²) in [6.45, 7) is 9.79. The fourth-order valence-electron chi connectivity index (χ4n) is 8.12. The molecule has 4 heterocycles. The first-order valence-corrected chi connectivity index (χ1v) is 21.6. The summed E-state index contributed by atoms with van der Waals surface area (Å²) < 4.78 is 59.4. The molecule has 0 N–H and O–H groups in total. The Kier molecular flexibility index (Phi) is 10.5. The van der Waals surface area contributed by atoms with Crippen LogP contribution < -0.4 is 15.8 Å². The van der Waals surface area contributed by atoms with Gasteiger partial charge in [0.05, 0.1) is 18.2 Å². The van der Waals surface area contributed by atoms with Crippen molar-refractivity contribution in [1.82, 2.24) is 13.5 Å². The van der Waals surface area contributed by atoms with Gasteiger partial charge in [0, 0.05) is 51.3 Å². The van der Waals surface area contributed by atoms with E-state index in [0.29, 0.717) is 38.1 Å². The molecule has 4 aromatic rings. The van der Waals surface area contributed by atoms with E-state index in [2.05, 4.69) is 62.1 Å². The standard InChI is InChI=1S/C41H48FN3O5SSi/c1-41(2,3)52(37-14-6-4-7-15-37,38-16-8-5-9-17-38)50-35-20-23-45(29-35)51(47,48)44-21-18-31(19-22-44)39(42)24-34-30-49-36(25-40(34)46)28-43-26-32-12-10-11-13-33(32)27-43/h4-17,24-25,30-31,35H,18-23,26-29H2,1-3H3/b39-24-. The van der Waals surface area contributed by atoms with Gasteiger partial charge in [-0.15, -0.1) is 0 Å². The molecule has 2 fully saturated rings. The van der Waals surface area contributed by atoms with Gasteiger partial charge < -0.3 is 8.84 Å². The number of rotatable bonds is 10. The SMILES string of the molecule is CC(C)(C)[Si](OC1CCN(S(=O)(=O)N2CCC(/C(F)=C/c3coc(CN4Cc5ccccc5C4)cc3=O)CC2)C1)(c1ccccc1)c1ccccc1. The summed E-state index contributed by atoms with van der Waals surface area (Å²) in [6.07, 6.45) is 3.59. The monoisotopic (exact) mass is 741 g/mol. The zero-order valence-corrected chi connectivity index (χ0v) is 32.0. The smallest absolute Gasteiger partial charge is 0.282 e. The summed E-state index contributed by atoms with van der Waals surface area (Å²) in [5.74, 6) is -0.361. The highest BCUT2D eigenvalue weighted by Crippen LogP contribution is 2.39. The van der Waals surface area contributed by atoms with Crippen molar-refractivity contribution < 1.29 is 21.7 Å². The molecule has 1 atom stereocenters. The molecular formula is C41H48FN3O5SSi. The van der Waals surface area contributed by atoms with Crippen molar-refractivity contribution in [3.8, 4) is 0 Å². The second-order valence-electron chi connectivity index (χ2n) is 15.3. The van der Waals surface area contributed by atoms with E-state index in [-0.39, 0.29) is 41.8 Å². The summed E-state index contributed by atoms with van der Waals surface area (Å²) in [5, 5.41) is 2.11. The predicted octanol–water partition coefficient (Wildman–Crippen LogP) is 6.07. The summed E-state index contributed by atoms with van der Waals surface area (Å²) in [7, 11) is -6.61. The van der Waals surface area contributed by atoms with E-state index >= 15 is 4.39 Å². The molecular weight excluding hydrogens is 694 g/mol. The Morgan fingerprint density at radius 2 is 1.42 bits per heavy atom. The molecule has 7 rings (SSSR count). The molecule has 0 amide bonds. The lowest BCUT2D eigenvalue weighted by Crippen LogP contribution is -2.67. The first-order valence-electron chi connectivity index (χ1n) is 18.3. The van der Waals surface area contributed by atoms with Crippen molar-refractivity contribution in [3.63, 3.8) is 0 Å². The number of piperidine rings is 1. The lowest BCUT2D eigenvalue weighted by Gasteiger charge is -2.44. The number of fused-ring (bicyclic) bond motifs is 1. The van der Waals surface area contributed by atoms with Crippen LogP contribution in [-0.2, 0) is 34.3 Å². The van der Waals surface area contributed by atoms with Crippen LogP contribution in [0.3, 0.4) is 0 Å². The maximum atomic E-state index is 15.5.